The van der Waals surface area contributed by atoms with Gasteiger partial charge in [-0.25, -0.2) is 13.2 Å². The number of benzene rings is 1. The van der Waals surface area contributed by atoms with E-state index < -0.39 is 16.0 Å². The minimum absolute atomic E-state index is 0.198. The monoisotopic (exact) mass is 352 g/mol. The molecule has 6 nitrogen and oxygen atoms in total. The maximum atomic E-state index is 12.7. The predicted octanol–water partition coefficient (Wildman–Crippen LogP) is 1.75. The normalized spacial score (nSPS) is 16.8. The van der Waals surface area contributed by atoms with Gasteiger partial charge in [0.15, 0.2) is 0 Å². The first kappa shape index (κ1) is 18.6. The molecule has 0 amide bonds. The summed E-state index contributed by atoms with van der Waals surface area (Å²) in [4.78, 5) is 14.0. The summed E-state index contributed by atoms with van der Waals surface area (Å²) in [6.45, 7) is 10.9. The molecule has 0 aliphatic carbocycles. The van der Waals surface area contributed by atoms with Crippen molar-refractivity contribution in [1.29, 1.82) is 0 Å². The molecule has 0 aromatic heterocycles. The fourth-order valence-electron chi connectivity index (χ4n) is 2.64. The van der Waals surface area contributed by atoms with Crippen LogP contribution in [0.15, 0.2) is 41.3 Å². The molecule has 0 unspecified atom stereocenters. The van der Waals surface area contributed by atoms with Crippen LogP contribution in [0.4, 0.5) is 0 Å². The van der Waals surface area contributed by atoms with E-state index >= 15 is 0 Å². The number of carbonyl (C=O) groups excluding carboxylic acids is 1. The van der Waals surface area contributed by atoms with Crippen LogP contribution in [0.25, 0.3) is 0 Å². The van der Waals surface area contributed by atoms with Crippen molar-refractivity contribution in [3.63, 3.8) is 0 Å². The largest absolute Gasteiger partial charge is 0.462 e. The summed E-state index contributed by atoms with van der Waals surface area (Å²) in [7, 11) is -3.54. The van der Waals surface area contributed by atoms with Crippen LogP contribution in [0.1, 0.15) is 24.2 Å². The first-order valence-electron chi connectivity index (χ1n) is 7.98. The molecule has 132 valence electrons. The molecule has 0 spiro atoms. The molecule has 0 N–H and O–H groups in total. The van der Waals surface area contributed by atoms with Gasteiger partial charge in [-0.3, -0.25) is 4.90 Å². The molecule has 0 saturated carbocycles. The van der Waals surface area contributed by atoms with Crippen molar-refractivity contribution in [2.24, 2.45) is 0 Å². The Balaban J connectivity index is 2.05. The van der Waals surface area contributed by atoms with Gasteiger partial charge < -0.3 is 4.74 Å². The molecule has 1 aromatic carbocycles. The fraction of sp³-hybridized carbons (Fsp3) is 0.471. The fourth-order valence-corrected chi connectivity index (χ4v) is 4.06. The molecule has 1 saturated heterocycles. The minimum atomic E-state index is -3.54. The zero-order chi connectivity index (χ0) is 17.7. The Hall–Kier alpha value is -1.70. The average Bonchev–Trinajstić information content (AvgIpc) is 2.55. The molecule has 7 heteroatoms. The number of esters is 1. The van der Waals surface area contributed by atoms with Gasteiger partial charge in [-0.2, -0.15) is 4.31 Å². The topological polar surface area (TPSA) is 66.9 Å². The van der Waals surface area contributed by atoms with E-state index in [0.29, 0.717) is 31.7 Å². The van der Waals surface area contributed by atoms with Crippen molar-refractivity contribution in [1.82, 2.24) is 9.21 Å². The Labute approximate surface area is 143 Å². The molecule has 1 heterocycles. The Morgan fingerprint density at radius 2 is 1.75 bits per heavy atom. The molecule has 2 rings (SSSR count). The standard InChI is InChI=1S/C17H24N2O4S/c1-4-23-17(20)15-5-7-16(8-6-15)24(21,22)19-11-9-18(10-12-19)13-14(2)3/h5-8H,2,4,9-13H2,1,3H3. The molecule has 0 bridgehead atoms. The number of ether oxygens (including phenoxy) is 1. The Morgan fingerprint density at radius 1 is 1.17 bits per heavy atom. The third-order valence-electron chi connectivity index (χ3n) is 3.83. The quantitative estimate of drug-likeness (QED) is 0.576. The SMILES string of the molecule is C=C(C)CN1CCN(S(=O)(=O)c2ccc(C(=O)OCC)cc2)CC1. The van der Waals surface area contributed by atoms with Gasteiger partial charge in [-0.15, -0.1) is 0 Å². The van der Waals surface area contributed by atoms with Crippen molar-refractivity contribution in [2.75, 3.05) is 39.3 Å². The predicted molar refractivity (Wildman–Crippen MR) is 92.4 cm³/mol. The van der Waals surface area contributed by atoms with Gasteiger partial charge in [0, 0.05) is 32.7 Å². The first-order valence-corrected chi connectivity index (χ1v) is 9.42. The minimum Gasteiger partial charge on any atom is -0.462 e. The average molecular weight is 352 g/mol. The maximum absolute atomic E-state index is 12.7. The highest BCUT2D eigenvalue weighted by atomic mass is 32.2. The zero-order valence-electron chi connectivity index (χ0n) is 14.2. The lowest BCUT2D eigenvalue weighted by molar-refractivity contribution is 0.0526. The van der Waals surface area contributed by atoms with Crippen LogP contribution < -0.4 is 0 Å². The van der Waals surface area contributed by atoms with Gasteiger partial charge in [0.05, 0.1) is 17.1 Å². The molecule has 24 heavy (non-hydrogen) atoms. The number of carbonyl (C=O) groups is 1. The lowest BCUT2D eigenvalue weighted by Gasteiger charge is -2.34. The highest BCUT2D eigenvalue weighted by Gasteiger charge is 2.28. The molecular weight excluding hydrogens is 328 g/mol. The summed E-state index contributed by atoms with van der Waals surface area (Å²) < 4.78 is 31.8. The number of sulfonamides is 1. The first-order chi connectivity index (χ1) is 11.3. The highest BCUT2D eigenvalue weighted by molar-refractivity contribution is 7.89. The summed E-state index contributed by atoms with van der Waals surface area (Å²) >= 11 is 0. The van der Waals surface area contributed by atoms with E-state index in [-0.39, 0.29) is 11.5 Å². The zero-order valence-corrected chi connectivity index (χ0v) is 15.0. The van der Waals surface area contributed by atoms with Gasteiger partial charge in [0.2, 0.25) is 10.0 Å². The molecule has 1 aliphatic rings. The van der Waals surface area contributed by atoms with Gasteiger partial charge in [0.25, 0.3) is 0 Å². The van der Waals surface area contributed by atoms with Crippen molar-refractivity contribution in [2.45, 2.75) is 18.7 Å². The number of hydrogen-bond donors (Lipinski definition) is 0. The van der Waals surface area contributed by atoms with Gasteiger partial charge in [-0.1, -0.05) is 12.2 Å². The maximum Gasteiger partial charge on any atom is 0.338 e. The Kier molecular flexibility index (Phi) is 6.15. The highest BCUT2D eigenvalue weighted by Crippen LogP contribution is 2.19. The molecular formula is C17H24N2O4S. The third kappa shape index (κ3) is 4.43. The van der Waals surface area contributed by atoms with Crippen molar-refractivity contribution < 1.29 is 17.9 Å². The van der Waals surface area contributed by atoms with E-state index in [1.807, 2.05) is 6.92 Å². The van der Waals surface area contributed by atoms with E-state index in [1.165, 1.54) is 28.6 Å². The van der Waals surface area contributed by atoms with Crippen molar-refractivity contribution >= 4 is 16.0 Å². The second kappa shape index (κ2) is 7.92. The Bertz CT molecular complexity index is 690. The number of rotatable bonds is 6. The number of hydrogen-bond acceptors (Lipinski definition) is 5. The van der Waals surface area contributed by atoms with Gasteiger partial charge >= 0.3 is 5.97 Å². The number of piperazine rings is 1. The van der Waals surface area contributed by atoms with E-state index in [0.717, 1.165) is 12.1 Å². The molecule has 1 aliphatic heterocycles. The molecule has 0 radical (unpaired) electrons. The second-order valence-electron chi connectivity index (χ2n) is 5.88. The van der Waals surface area contributed by atoms with E-state index in [1.54, 1.807) is 6.92 Å². The summed E-state index contributed by atoms with van der Waals surface area (Å²) in [5, 5.41) is 0. The van der Waals surface area contributed by atoms with Gasteiger partial charge in [0.1, 0.15) is 0 Å². The third-order valence-corrected chi connectivity index (χ3v) is 5.74. The summed E-state index contributed by atoms with van der Waals surface area (Å²) in [5.74, 6) is -0.449. The van der Waals surface area contributed by atoms with Crippen LogP contribution in [0, 0.1) is 0 Å². The van der Waals surface area contributed by atoms with Crippen LogP contribution in [0.3, 0.4) is 0 Å². The summed E-state index contributed by atoms with van der Waals surface area (Å²) in [6.07, 6.45) is 0. The van der Waals surface area contributed by atoms with Gasteiger partial charge in [-0.05, 0) is 38.1 Å². The Morgan fingerprint density at radius 3 is 2.25 bits per heavy atom. The lowest BCUT2D eigenvalue weighted by Crippen LogP contribution is -2.48. The van der Waals surface area contributed by atoms with Crippen molar-refractivity contribution in [3.05, 3.63) is 42.0 Å². The van der Waals surface area contributed by atoms with Crippen LogP contribution in [0.5, 0.6) is 0 Å². The van der Waals surface area contributed by atoms with E-state index in [4.69, 9.17) is 4.74 Å². The van der Waals surface area contributed by atoms with Crippen molar-refractivity contribution in [3.8, 4) is 0 Å². The van der Waals surface area contributed by atoms with Crippen LogP contribution in [-0.4, -0.2) is 62.9 Å². The second-order valence-corrected chi connectivity index (χ2v) is 7.82. The smallest absolute Gasteiger partial charge is 0.338 e. The number of nitrogens with zero attached hydrogens (tertiary/aromatic N) is 2. The van der Waals surface area contributed by atoms with Crippen LogP contribution in [0.2, 0.25) is 0 Å². The lowest BCUT2D eigenvalue weighted by atomic mass is 10.2. The van der Waals surface area contributed by atoms with Crippen LogP contribution in [-0.2, 0) is 14.8 Å². The summed E-state index contributed by atoms with van der Waals surface area (Å²) in [6, 6.07) is 5.90. The van der Waals surface area contributed by atoms with E-state index in [2.05, 4.69) is 11.5 Å². The molecule has 1 aromatic rings. The van der Waals surface area contributed by atoms with E-state index in [9.17, 15) is 13.2 Å². The molecule has 0 atom stereocenters. The molecule has 1 fully saturated rings. The van der Waals surface area contributed by atoms with Crippen LogP contribution >= 0.6 is 0 Å². The summed E-state index contributed by atoms with van der Waals surface area (Å²) in [5.41, 5.74) is 1.42.